The number of aromatic nitrogens is 2. The molecule has 1 N–H and O–H groups in total. The lowest BCUT2D eigenvalue weighted by Gasteiger charge is -2.32. The molecule has 3 aromatic rings. The molecular formula is C20H23N3S. The van der Waals surface area contributed by atoms with E-state index in [0.717, 1.165) is 19.5 Å². The number of thiophene rings is 1. The molecule has 0 bridgehead atoms. The minimum absolute atomic E-state index is 0.569. The van der Waals surface area contributed by atoms with E-state index in [4.69, 9.17) is 0 Å². The summed E-state index contributed by atoms with van der Waals surface area (Å²) >= 11 is 1.86. The van der Waals surface area contributed by atoms with Crippen LogP contribution >= 0.6 is 11.3 Å². The third-order valence-corrected chi connectivity index (χ3v) is 5.72. The fraction of sp³-hybridized carbons (Fsp3) is 0.350. The first kappa shape index (κ1) is 15.6. The summed E-state index contributed by atoms with van der Waals surface area (Å²) in [5.41, 5.74) is 4.05. The maximum Gasteiger partial charge on any atom is 0.0525 e. The van der Waals surface area contributed by atoms with Crippen LogP contribution in [-0.2, 0) is 13.0 Å². The number of aromatic amines is 1. The van der Waals surface area contributed by atoms with Gasteiger partial charge in [0, 0.05) is 36.0 Å². The lowest BCUT2D eigenvalue weighted by Crippen LogP contribution is -2.34. The van der Waals surface area contributed by atoms with E-state index < -0.39 is 0 Å². The molecule has 0 spiro atoms. The van der Waals surface area contributed by atoms with Gasteiger partial charge in [-0.2, -0.15) is 5.10 Å². The molecule has 1 unspecified atom stereocenters. The highest BCUT2D eigenvalue weighted by atomic mass is 32.1. The number of benzene rings is 1. The molecule has 1 fully saturated rings. The summed E-state index contributed by atoms with van der Waals surface area (Å²) in [7, 11) is 0. The summed E-state index contributed by atoms with van der Waals surface area (Å²) in [5.74, 6) is 0.569. The zero-order valence-electron chi connectivity index (χ0n) is 13.8. The Kier molecular flexibility index (Phi) is 4.76. The number of H-pyrrole nitrogens is 1. The zero-order chi connectivity index (χ0) is 16.2. The van der Waals surface area contributed by atoms with E-state index in [2.05, 4.69) is 62.9 Å². The van der Waals surface area contributed by atoms with Crippen LogP contribution in [0.15, 0.2) is 54.0 Å². The van der Waals surface area contributed by atoms with Gasteiger partial charge in [0.15, 0.2) is 0 Å². The minimum Gasteiger partial charge on any atom is -0.298 e. The molecule has 1 aliphatic heterocycles. The molecule has 4 heteroatoms. The zero-order valence-corrected chi connectivity index (χ0v) is 14.6. The lowest BCUT2D eigenvalue weighted by molar-refractivity contribution is 0.199. The highest BCUT2D eigenvalue weighted by molar-refractivity contribution is 7.09. The molecule has 1 saturated heterocycles. The van der Waals surface area contributed by atoms with Crippen LogP contribution in [0.25, 0.3) is 0 Å². The van der Waals surface area contributed by atoms with Gasteiger partial charge in [-0.05, 0) is 42.0 Å². The van der Waals surface area contributed by atoms with Crippen molar-refractivity contribution in [2.75, 3.05) is 13.1 Å². The van der Waals surface area contributed by atoms with Crippen LogP contribution < -0.4 is 0 Å². The van der Waals surface area contributed by atoms with Crippen LogP contribution in [0.3, 0.4) is 0 Å². The van der Waals surface area contributed by atoms with Crippen molar-refractivity contribution in [3.63, 3.8) is 0 Å². The van der Waals surface area contributed by atoms with Crippen molar-refractivity contribution in [3.8, 4) is 0 Å². The summed E-state index contributed by atoms with van der Waals surface area (Å²) in [6.45, 7) is 3.41. The van der Waals surface area contributed by atoms with Gasteiger partial charge in [0.2, 0.25) is 0 Å². The van der Waals surface area contributed by atoms with Gasteiger partial charge in [-0.15, -0.1) is 11.3 Å². The molecule has 0 amide bonds. The summed E-state index contributed by atoms with van der Waals surface area (Å²) in [6.07, 6.45) is 5.50. The number of nitrogens with zero attached hydrogens (tertiary/aromatic N) is 2. The molecule has 124 valence electrons. The topological polar surface area (TPSA) is 31.9 Å². The van der Waals surface area contributed by atoms with Crippen molar-refractivity contribution in [1.29, 1.82) is 0 Å². The van der Waals surface area contributed by atoms with Gasteiger partial charge in [-0.1, -0.05) is 36.4 Å². The number of hydrogen-bond donors (Lipinski definition) is 1. The van der Waals surface area contributed by atoms with Gasteiger partial charge >= 0.3 is 0 Å². The van der Waals surface area contributed by atoms with E-state index in [0.29, 0.717) is 5.92 Å². The van der Waals surface area contributed by atoms with Crippen molar-refractivity contribution in [2.45, 2.75) is 31.7 Å². The van der Waals surface area contributed by atoms with E-state index in [1.165, 1.54) is 41.1 Å². The number of rotatable bonds is 5. The van der Waals surface area contributed by atoms with Crippen LogP contribution in [0.5, 0.6) is 0 Å². The molecule has 1 aromatic carbocycles. The fourth-order valence-electron chi connectivity index (χ4n) is 3.69. The molecule has 3 heterocycles. The largest absolute Gasteiger partial charge is 0.298 e. The van der Waals surface area contributed by atoms with E-state index in [-0.39, 0.29) is 0 Å². The molecule has 1 aliphatic rings. The second kappa shape index (κ2) is 7.32. The van der Waals surface area contributed by atoms with Gasteiger partial charge < -0.3 is 0 Å². The van der Waals surface area contributed by atoms with Crippen molar-refractivity contribution < 1.29 is 0 Å². The second-order valence-corrected chi connectivity index (χ2v) is 7.66. The van der Waals surface area contributed by atoms with Gasteiger partial charge in [0.05, 0.1) is 6.20 Å². The quantitative estimate of drug-likeness (QED) is 0.746. The van der Waals surface area contributed by atoms with Crippen molar-refractivity contribution in [2.24, 2.45) is 0 Å². The maximum absolute atomic E-state index is 4.35. The first-order valence-electron chi connectivity index (χ1n) is 8.69. The van der Waals surface area contributed by atoms with Crippen LogP contribution in [0, 0.1) is 0 Å². The monoisotopic (exact) mass is 337 g/mol. The lowest BCUT2D eigenvalue weighted by atomic mass is 9.91. The predicted molar refractivity (Wildman–Crippen MR) is 99.4 cm³/mol. The number of likely N-dealkylation sites (tertiary alicyclic amines) is 1. The van der Waals surface area contributed by atoms with Gasteiger partial charge in [-0.25, -0.2) is 0 Å². The molecule has 1 atom stereocenters. The number of hydrogen-bond acceptors (Lipinski definition) is 3. The maximum atomic E-state index is 4.35. The summed E-state index contributed by atoms with van der Waals surface area (Å²) < 4.78 is 0. The van der Waals surface area contributed by atoms with E-state index in [9.17, 15) is 0 Å². The Morgan fingerprint density at radius 3 is 2.92 bits per heavy atom. The second-order valence-electron chi connectivity index (χ2n) is 6.62. The van der Waals surface area contributed by atoms with E-state index >= 15 is 0 Å². The Morgan fingerprint density at radius 2 is 2.08 bits per heavy atom. The van der Waals surface area contributed by atoms with Gasteiger partial charge in [0.1, 0.15) is 0 Å². The Hall–Kier alpha value is -1.91. The van der Waals surface area contributed by atoms with Crippen LogP contribution in [0.2, 0.25) is 0 Å². The standard InChI is InChI=1S/C20H23N3S/c1-2-6-16(7-3-1)12-18-13-21-22-20(18)17-8-4-10-23(14-17)15-19-9-5-11-24-19/h1-3,5-7,9,11,13,17H,4,8,10,12,14-15H2,(H,21,22). The van der Waals surface area contributed by atoms with Gasteiger partial charge in [0.25, 0.3) is 0 Å². The Bertz CT molecular complexity index is 748. The highest BCUT2D eigenvalue weighted by Crippen LogP contribution is 2.30. The molecule has 0 saturated carbocycles. The van der Waals surface area contributed by atoms with Crippen molar-refractivity contribution >= 4 is 11.3 Å². The molecular weight excluding hydrogens is 314 g/mol. The average Bonchev–Trinajstić information content (AvgIpc) is 3.28. The highest BCUT2D eigenvalue weighted by Gasteiger charge is 2.24. The Morgan fingerprint density at radius 1 is 1.17 bits per heavy atom. The Labute approximate surface area is 147 Å². The van der Waals surface area contributed by atoms with E-state index in [1.54, 1.807) is 0 Å². The number of piperidine rings is 1. The summed E-state index contributed by atoms with van der Waals surface area (Å²) in [5, 5.41) is 9.82. The van der Waals surface area contributed by atoms with E-state index in [1.807, 2.05) is 17.5 Å². The smallest absolute Gasteiger partial charge is 0.0525 e. The molecule has 2 aromatic heterocycles. The third-order valence-electron chi connectivity index (χ3n) is 4.86. The molecule has 24 heavy (non-hydrogen) atoms. The predicted octanol–water partition coefficient (Wildman–Crippen LogP) is 4.44. The summed E-state index contributed by atoms with van der Waals surface area (Å²) in [6, 6.07) is 15.1. The van der Waals surface area contributed by atoms with Crippen LogP contribution in [-0.4, -0.2) is 28.2 Å². The third kappa shape index (κ3) is 3.60. The van der Waals surface area contributed by atoms with Crippen molar-refractivity contribution in [3.05, 3.63) is 75.7 Å². The van der Waals surface area contributed by atoms with Crippen LogP contribution in [0.1, 0.15) is 40.5 Å². The Balaban J connectivity index is 1.46. The molecule has 4 rings (SSSR count). The van der Waals surface area contributed by atoms with Gasteiger partial charge in [-0.3, -0.25) is 10.00 Å². The first-order valence-corrected chi connectivity index (χ1v) is 9.57. The first-order chi connectivity index (χ1) is 11.9. The number of nitrogens with one attached hydrogen (secondary N) is 1. The van der Waals surface area contributed by atoms with Crippen molar-refractivity contribution in [1.82, 2.24) is 15.1 Å². The average molecular weight is 337 g/mol. The summed E-state index contributed by atoms with van der Waals surface area (Å²) in [4.78, 5) is 4.05. The fourth-order valence-corrected chi connectivity index (χ4v) is 4.44. The minimum atomic E-state index is 0.569. The molecule has 3 nitrogen and oxygen atoms in total. The molecule has 0 radical (unpaired) electrons. The SMILES string of the molecule is c1ccc(Cc2cn[nH]c2C2CCCN(Cc3cccs3)C2)cc1. The van der Waals surface area contributed by atoms with Crippen LogP contribution in [0.4, 0.5) is 0 Å². The normalized spacial score (nSPS) is 18.8. The molecule has 0 aliphatic carbocycles.